The fourth-order valence-corrected chi connectivity index (χ4v) is 32.9. The van der Waals surface area contributed by atoms with Gasteiger partial charge in [-0.15, -0.1) is 26.8 Å². The third-order valence-corrected chi connectivity index (χ3v) is 37.2. The Morgan fingerprint density at radius 2 is 0.548 bits per heavy atom. The van der Waals surface area contributed by atoms with Crippen molar-refractivity contribution < 1.29 is 52.1 Å². The third kappa shape index (κ3) is 23.9. The lowest BCUT2D eigenvalue weighted by Gasteiger charge is -2.61. The lowest BCUT2D eigenvalue weighted by Crippen LogP contribution is -2.74. The topological polar surface area (TPSA) is 102 Å². The third-order valence-electron chi connectivity index (χ3n) is 14.7. The van der Waals surface area contributed by atoms with Crippen LogP contribution >= 0.6 is 49.0 Å². The van der Waals surface area contributed by atoms with E-state index in [-0.39, 0.29) is 14.3 Å². The quantitative estimate of drug-likeness (QED) is 0.0431. The Kier molecular flexibility index (Phi) is 34.5. The maximum atomic E-state index is 7.81. The van der Waals surface area contributed by atoms with E-state index in [1.807, 2.05) is 0 Å². The van der Waals surface area contributed by atoms with Crippen molar-refractivity contribution in [3.05, 3.63) is 0 Å². The molecule has 0 aromatic carbocycles. The summed E-state index contributed by atoms with van der Waals surface area (Å²) >= 11 is 0. The van der Waals surface area contributed by atoms with Crippen LogP contribution in [0.15, 0.2) is 0 Å². The second-order valence-electron chi connectivity index (χ2n) is 21.7. The minimum absolute atomic E-state index is 0.0577. The molecule has 0 aromatic heterocycles. The predicted octanol–water partition coefficient (Wildman–Crippen LogP) is 20.4. The van der Waals surface area contributed by atoms with Crippen molar-refractivity contribution in [1.82, 2.24) is 0 Å². The average Bonchev–Trinajstić information content (AvgIpc) is 3.34. The first kappa shape index (κ1) is 67.6. The van der Waals surface area contributed by atoms with Gasteiger partial charge in [0.1, 0.15) is 0 Å². The molecule has 9 atom stereocenters. The van der Waals surface area contributed by atoms with Gasteiger partial charge in [-0.25, -0.2) is 0 Å². The average molecular weight is 1150 g/mol. The van der Waals surface area contributed by atoms with Gasteiger partial charge in [0.15, 0.2) is 12.6 Å². The van der Waals surface area contributed by atoms with Crippen LogP contribution in [0.25, 0.3) is 0 Å². The molecule has 432 valence electrons. The van der Waals surface area contributed by atoms with Crippen LogP contribution < -0.4 is 0 Å². The Bertz CT molecular complexity index is 1350. The predicted molar refractivity (Wildman–Crippen MR) is 316 cm³/mol. The molecular weight excluding hydrogens is 1030 g/mol. The molecular formula is C56H112O11P6. The van der Waals surface area contributed by atoms with Crippen molar-refractivity contribution in [2.75, 3.05) is 6.16 Å². The summed E-state index contributed by atoms with van der Waals surface area (Å²) in [4.78, 5) is 0. The molecule has 11 nitrogen and oxygen atoms in total. The summed E-state index contributed by atoms with van der Waals surface area (Å²) in [6, 6.07) is 0. The zero-order chi connectivity index (χ0) is 52.8. The Morgan fingerprint density at radius 3 is 0.836 bits per heavy atom. The molecule has 4 aliphatic heterocycles. The second-order valence-corrected chi connectivity index (χ2v) is 40.4. The summed E-state index contributed by atoms with van der Waals surface area (Å²) in [5.74, 6) is -10.6. The fourth-order valence-electron chi connectivity index (χ4n) is 10.6. The van der Waals surface area contributed by atoms with Crippen LogP contribution in [-0.4, -0.2) is 54.6 Å². The van der Waals surface area contributed by atoms with Crippen molar-refractivity contribution in [2.24, 2.45) is 0 Å². The molecule has 4 fully saturated rings. The molecule has 9 unspecified atom stereocenters. The Hall–Kier alpha value is 2.14. The fraction of sp³-hybridized carbons (Fsp3) is 1.00. The van der Waals surface area contributed by atoms with E-state index in [0.717, 1.165) is 213 Å². The standard InChI is InChI=1S/C56H112O11P6/c1-8-15-22-29-37-46-55-63-51(42-33-25-18-11-4)57-49(40-31-23-16-9-2)58-52(64-55,43-34-26-19-12-5)62-54(45-36-28-21-14-7)60-50(41-32-24-17-10-3)59-53(61-51,44-35-27-20-13-6)65-56(66-54,67-55)47-38-30-39-48-72(71-68)73(69)70/h49-50,71H,8-48,68-70H2,1-7H3. The van der Waals surface area contributed by atoms with E-state index in [2.05, 4.69) is 75.3 Å². The lowest BCUT2D eigenvalue weighted by atomic mass is 10.1. The molecule has 4 heterocycles. The maximum Gasteiger partial charge on any atom is 0.295 e. The highest BCUT2D eigenvalue weighted by atomic mass is 32.9. The van der Waals surface area contributed by atoms with E-state index < -0.39 is 48.4 Å². The van der Waals surface area contributed by atoms with E-state index in [4.69, 9.17) is 52.1 Å². The number of fused-ring (bicyclic) bond motifs is 4. The smallest absolute Gasteiger partial charge is 0.295 e. The molecule has 6 bridgehead atoms. The number of hydrogen-bond donors (Lipinski definition) is 0. The lowest BCUT2D eigenvalue weighted by molar-refractivity contribution is -0.738. The monoisotopic (exact) mass is 1150 g/mol. The van der Waals surface area contributed by atoms with Gasteiger partial charge in [-0.05, 0) is 91.1 Å². The molecule has 4 rings (SSSR count). The normalized spacial score (nSPS) is 30.9. The minimum atomic E-state index is -1.82. The number of ether oxygens (including phenoxy) is 11. The molecule has 0 saturated carbocycles. The molecule has 4 saturated heterocycles. The summed E-state index contributed by atoms with van der Waals surface area (Å²) in [6.07, 6.45) is 35.0. The zero-order valence-corrected chi connectivity index (χ0v) is 54.0. The van der Waals surface area contributed by atoms with Crippen molar-refractivity contribution >= 4 is 49.0 Å². The highest BCUT2D eigenvalue weighted by Crippen LogP contribution is 2.88. The van der Waals surface area contributed by atoms with Gasteiger partial charge in [0.2, 0.25) is 0 Å². The van der Waals surface area contributed by atoms with E-state index in [0.29, 0.717) is 51.4 Å². The van der Waals surface area contributed by atoms with E-state index in [9.17, 15) is 0 Å². The van der Waals surface area contributed by atoms with Crippen molar-refractivity contribution in [3.63, 3.8) is 0 Å². The second kappa shape index (κ2) is 37.3. The first-order valence-electron chi connectivity index (χ1n) is 30.5. The van der Waals surface area contributed by atoms with Gasteiger partial charge < -0.3 is 0 Å². The summed E-state index contributed by atoms with van der Waals surface area (Å²) < 4.78 is 84.7. The molecule has 17 heteroatoms. The van der Waals surface area contributed by atoms with E-state index in [1.165, 1.54) is 6.16 Å². The highest BCUT2D eigenvalue weighted by Gasteiger charge is 2.70. The minimum Gasteiger partial charge on any atom is -0.297 e. The Balaban J connectivity index is 2.08. The maximum absolute atomic E-state index is 7.81. The van der Waals surface area contributed by atoms with Gasteiger partial charge >= 0.3 is 0 Å². The summed E-state index contributed by atoms with van der Waals surface area (Å²) in [5, 5.41) is 0. The first-order chi connectivity index (χ1) is 35.4. The van der Waals surface area contributed by atoms with Gasteiger partial charge in [0.05, 0.1) is 0 Å². The number of unbranched alkanes of at least 4 members (excludes halogenated alkanes) is 24. The molecule has 0 aromatic rings. The summed E-state index contributed by atoms with van der Waals surface area (Å²) in [7, 11) is 10.0. The van der Waals surface area contributed by atoms with Crippen LogP contribution in [0.3, 0.4) is 0 Å². The van der Waals surface area contributed by atoms with E-state index >= 15 is 0 Å². The van der Waals surface area contributed by atoms with Gasteiger partial charge in [0, 0.05) is 38.5 Å². The zero-order valence-electron chi connectivity index (χ0n) is 47.8. The molecule has 0 N–H and O–H groups in total. The van der Waals surface area contributed by atoms with E-state index in [1.54, 1.807) is 0 Å². The molecule has 73 heavy (non-hydrogen) atoms. The molecule has 0 spiro atoms. The van der Waals surface area contributed by atoms with Gasteiger partial charge in [-0.3, -0.25) is 52.1 Å². The molecule has 0 radical (unpaired) electrons. The van der Waals surface area contributed by atoms with Gasteiger partial charge in [0.25, 0.3) is 35.8 Å². The largest absolute Gasteiger partial charge is 0.297 e. The molecule has 0 amide bonds. The summed E-state index contributed by atoms with van der Waals surface area (Å²) in [5.41, 5.74) is 0. The van der Waals surface area contributed by atoms with Gasteiger partial charge in [-0.1, -0.05) is 204 Å². The van der Waals surface area contributed by atoms with Gasteiger partial charge in [-0.2, -0.15) is 0 Å². The highest BCUT2D eigenvalue weighted by molar-refractivity contribution is 8.87. The van der Waals surface area contributed by atoms with Crippen molar-refractivity contribution in [2.45, 2.75) is 354 Å². The number of rotatable bonds is 44. The van der Waals surface area contributed by atoms with Crippen molar-refractivity contribution in [3.8, 4) is 0 Å². The van der Waals surface area contributed by atoms with Crippen LogP contribution in [0.4, 0.5) is 0 Å². The molecule has 4 aliphatic rings. The van der Waals surface area contributed by atoms with Crippen molar-refractivity contribution in [1.29, 1.82) is 0 Å². The van der Waals surface area contributed by atoms with Crippen LogP contribution in [0.1, 0.15) is 305 Å². The molecule has 0 aliphatic carbocycles. The Morgan fingerprint density at radius 1 is 0.315 bits per heavy atom. The summed E-state index contributed by atoms with van der Waals surface area (Å²) in [6.45, 7) is 15.6. The van der Waals surface area contributed by atoms with Crippen LogP contribution in [0, 0.1) is 0 Å². The Labute approximate surface area is 458 Å². The van der Waals surface area contributed by atoms with Crippen LogP contribution in [0.2, 0.25) is 0 Å². The number of hydrogen-bond acceptors (Lipinski definition) is 11. The van der Waals surface area contributed by atoms with Crippen LogP contribution in [0.5, 0.6) is 0 Å². The van der Waals surface area contributed by atoms with Crippen LogP contribution in [-0.2, 0) is 52.1 Å². The first-order valence-corrected chi connectivity index (χ1v) is 41.0. The SMILES string of the molecule is CCCCCCCC12OC3(CCCCCC)OC(CCCCCC)OC(CCCCCC)(OC4(CCCCCC)OC(CCCCCC)OC(CCCCCC)(O3)OC(CCCCCP(PP)P(P)P)(O4)O1)O2.